The maximum absolute atomic E-state index is 8.62. The second-order valence-electron chi connectivity index (χ2n) is 0.561. The van der Waals surface area contributed by atoms with E-state index in [2.05, 4.69) is 5.73 Å². The molecule has 0 spiro atoms. The topological polar surface area (TPSA) is 138 Å². The fourth-order valence-electron chi connectivity index (χ4n) is 0. The van der Waals surface area contributed by atoms with Crippen LogP contribution in [0.25, 0.3) is 0 Å². The van der Waals surface area contributed by atoms with Crippen LogP contribution in [0.4, 0.5) is 0 Å². The molecule has 0 aromatic heterocycles. The molecule has 0 aliphatic carbocycles. The van der Waals surface area contributed by atoms with Gasteiger partial charge < -0.3 is 10.8 Å². The van der Waals surface area contributed by atoms with Crippen molar-refractivity contribution in [3.05, 3.63) is 0 Å². The van der Waals surface area contributed by atoms with E-state index in [0.29, 0.717) is 0 Å². The molecule has 3 N–H and O–H groups in total. The zero-order valence-corrected chi connectivity index (χ0v) is 8.90. The quantitative estimate of drug-likeness (QED) is 0.252. The molecular formula is CH5INNaO5. The molecule has 0 bridgehead atoms. The van der Waals surface area contributed by atoms with Gasteiger partial charge in [0.2, 0.25) is 0 Å². The first kappa shape index (κ1) is 16.8. The summed E-state index contributed by atoms with van der Waals surface area (Å²) in [6.45, 7) is -0.250. The Hall–Kier alpha value is 1.49. The molecule has 0 amide bonds. The van der Waals surface area contributed by atoms with Crippen LogP contribution in [-0.2, 0) is 0 Å². The number of halogens is 1. The molecule has 0 aromatic carbocycles. The van der Waals surface area contributed by atoms with Crippen LogP contribution in [0, 0.1) is 0 Å². The minimum absolute atomic E-state index is 0. The van der Waals surface area contributed by atoms with Crippen molar-refractivity contribution in [1.29, 1.82) is 0 Å². The summed E-state index contributed by atoms with van der Waals surface area (Å²) in [5.74, 6) is 0. The SMILES string of the molecule is NCO.[Na+].[O-][I+3]([O-])([O-])[O-]. The smallest absolute Gasteiger partial charge is 0.382 e. The molecule has 0 fully saturated rings. The third-order valence-corrected chi connectivity index (χ3v) is 0. The van der Waals surface area contributed by atoms with Crippen LogP contribution in [0.2, 0.25) is 0 Å². The Morgan fingerprint density at radius 2 is 1.22 bits per heavy atom. The van der Waals surface area contributed by atoms with Crippen molar-refractivity contribution in [3.63, 3.8) is 0 Å². The second-order valence-corrected chi connectivity index (χ2v) is 2.72. The van der Waals surface area contributed by atoms with Gasteiger partial charge >= 0.3 is 29.6 Å². The van der Waals surface area contributed by atoms with E-state index in [1.165, 1.54) is 0 Å². The fourth-order valence-corrected chi connectivity index (χ4v) is 0. The first-order valence-corrected chi connectivity index (χ1v) is 4.86. The summed E-state index contributed by atoms with van der Waals surface area (Å²) in [5.41, 5.74) is 4.40. The van der Waals surface area contributed by atoms with Gasteiger partial charge in [-0.3, -0.25) is 13.7 Å². The molecule has 0 rings (SSSR count). The summed E-state index contributed by atoms with van der Waals surface area (Å²) in [5, 5.41) is 7.35. The monoisotopic (exact) mass is 261 g/mol. The number of hydrogen-bond acceptors (Lipinski definition) is 6. The molecule has 0 aliphatic heterocycles. The van der Waals surface area contributed by atoms with E-state index in [4.69, 9.17) is 18.9 Å². The summed E-state index contributed by atoms with van der Waals surface area (Å²) in [6, 6.07) is 0. The van der Waals surface area contributed by atoms with Crippen molar-refractivity contribution in [2.24, 2.45) is 5.73 Å². The molecule has 52 valence electrons. The Bertz CT molecular complexity index is 40.7. The van der Waals surface area contributed by atoms with Gasteiger partial charge in [-0.25, -0.2) is 0 Å². The van der Waals surface area contributed by atoms with Crippen molar-refractivity contribution in [2.75, 3.05) is 6.73 Å². The van der Waals surface area contributed by atoms with Crippen molar-refractivity contribution >= 4 is 0 Å². The molecular weight excluding hydrogens is 256 g/mol. The number of aliphatic hydroxyl groups excluding tert-OH is 1. The van der Waals surface area contributed by atoms with E-state index in [9.17, 15) is 0 Å². The van der Waals surface area contributed by atoms with Crippen LogP contribution in [0.1, 0.15) is 0 Å². The average Bonchev–Trinajstić information content (AvgIpc) is 1.27. The number of nitrogens with two attached hydrogens (primary N) is 1. The fraction of sp³-hybridized carbons (Fsp3) is 1.00. The van der Waals surface area contributed by atoms with Crippen LogP contribution in [0.3, 0.4) is 0 Å². The van der Waals surface area contributed by atoms with Crippen LogP contribution < -0.4 is 69.1 Å². The third kappa shape index (κ3) is 240. The maximum atomic E-state index is 8.62. The predicted octanol–water partition coefficient (Wildman–Crippen LogP) is -11.9. The largest absolute Gasteiger partial charge is 1.00 e. The van der Waals surface area contributed by atoms with E-state index in [1.54, 1.807) is 0 Å². The van der Waals surface area contributed by atoms with Crippen molar-refractivity contribution in [1.82, 2.24) is 0 Å². The molecule has 0 saturated heterocycles. The molecule has 0 heterocycles. The van der Waals surface area contributed by atoms with Gasteiger partial charge in [0, 0.05) is 0 Å². The summed E-state index contributed by atoms with van der Waals surface area (Å²) >= 11 is -5.94. The van der Waals surface area contributed by atoms with Gasteiger partial charge in [0.15, 0.2) is 0 Å². The second kappa shape index (κ2) is 9.49. The number of aliphatic hydroxyl groups is 1. The molecule has 8 heteroatoms. The predicted molar refractivity (Wildman–Crippen MR) is 11.3 cm³/mol. The summed E-state index contributed by atoms with van der Waals surface area (Å²) < 4.78 is 34.5. The normalized spacial score (nSPS) is 8.67. The van der Waals surface area contributed by atoms with Gasteiger partial charge in [0.1, 0.15) is 20.1 Å². The third-order valence-electron chi connectivity index (χ3n) is 0. The van der Waals surface area contributed by atoms with E-state index in [0.717, 1.165) is 0 Å². The number of rotatable bonds is 0. The van der Waals surface area contributed by atoms with E-state index in [1.807, 2.05) is 0 Å². The van der Waals surface area contributed by atoms with Crippen LogP contribution in [0.5, 0.6) is 0 Å². The van der Waals surface area contributed by atoms with E-state index >= 15 is 0 Å². The van der Waals surface area contributed by atoms with Crippen molar-refractivity contribution in [2.45, 2.75) is 0 Å². The van der Waals surface area contributed by atoms with Gasteiger partial charge in [-0.2, -0.15) is 0 Å². The molecule has 0 aliphatic rings. The molecule has 9 heavy (non-hydrogen) atoms. The minimum atomic E-state index is -5.94. The summed E-state index contributed by atoms with van der Waals surface area (Å²) in [6.07, 6.45) is 0. The first-order chi connectivity index (χ1) is 3.41. The molecule has 0 atom stereocenters. The Morgan fingerprint density at radius 3 is 1.22 bits per heavy atom. The maximum Gasteiger partial charge on any atom is 1.00 e. The zero-order chi connectivity index (χ0) is 7.21. The molecule has 6 nitrogen and oxygen atoms in total. The Morgan fingerprint density at radius 1 is 1.22 bits per heavy atom. The Kier molecular flexibility index (Phi) is 17.8. The molecule has 0 saturated carbocycles. The van der Waals surface area contributed by atoms with E-state index in [-0.39, 0.29) is 36.3 Å². The standard InChI is InChI=1S/CH5NO.IO4.Na/c2-1-3;2-1(3,4)5;/h3H,1-2H2;;/q;-1;+1. The van der Waals surface area contributed by atoms with Gasteiger partial charge in [-0.1, -0.05) is 0 Å². The summed E-state index contributed by atoms with van der Waals surface area (Å²) in [7, 11) is 0. The Balaban J connectivity index is -0.0000000800. The minimum Gasteiger partial charge on any atom is -0.382 e. The molecule has 0 unspecified atom stereocenters. The van der Waals surface area contributed by atoms with Gasteiger partial charge in [-0.15, -0.1) is 0 Å². The Labute approximate surface area is 80.3 Å². The van der Waals surface area contributed by atoms with Crippen molar-refractivity contribution in [3.8, 4) is 0 Å². The van der Waals surface area contributed by atoms with Crippen LogP contribution >= 0.6 is 0 Å². The van der Waals surface area contributed by atoms with Crippen LogP contribution in [-0.4, -0.2) is 11.8 Å². The van der Waals surface area contributed by atoms with E-state index < -0.39 is 20.1 Å². The average molecular weight is 261 g/mol. The van der Waals surface area contributed by atoms with Crippen molar-refractivity contribution < 1.29 is 68.5 Å². The van der Waals surface area contributed by atoms with Crippen LogP contribution in [0.15, 0.2) is 0 Å². The zero-order valence-electron chi connectivity index (χ0n) is 4.74. The summed E-state index contributed by atoms with van der Waals surface area (Å²) in [4.78, 5) is 0. The number of hydrogen-bond donors (Lipinski definition) is 2. The van der Waals surface area contributed by atoms with Gasteiger partial charge in [0.05, 0.1) is 6.73 Å². The first-order valence-electron chi connectivity index (χ1n) is 1.34. The van der Waals surface area contributed by atoms with Gasteiger partial charge in [-0.05, 0) is 0 Å². The molecule has 0 aromatic rings. The molecule has 0 radical (unpaired) electrons. The van der Waals surface area contributed by atoms with Gasteiger partial charge in [0.25, 0.3) is 0 Å².